The molecule has 8 atom stereocenters. The molecule has 1 aromatic carbocycles. The molecule has 1 aromatic rings. The predicted octanol–water partition coefficient (Wildman–Crippen LogP) is 4.66. The zero-order valence-corrected chi connectivity index (χ0v) is 60.8. The van der Waals surface area contributed by atoms with Gasteiger partial charge in [-0.25, -0.2) is 0 Å². The fraction of sp³-hybridized carbons (Fsp3) is 0.687. The smallest absolute Gasteiger partial charge is 0.304 e. The number of rotatable bonds is 31. The summed E-state index contributed by atoms with van der Waals surface area (Å²) in [5.74, 6) is -12.1. The van der Waals surface area contributed by atoms with Gasteiger partial charge in [0.25, 0.3) is 0 Å². The number of unbranched alkanes of at least 4 members (excludes halogenated alkanes) is 2. The molecule has 28 nitrogen and oxygen atoms in total. The van der Waals surface area contributed by atoms with Gasteiger partial charge in [-0.2, -0.15) is 0 Å². The topological polar surface area (TPSA) is 465 Å². The third kappa shape index (κ3) is 36.1. The van der Waals surface area contributed by atoms with Crippen LogP contribution in [0.15, 0.2) is 45.6 Å². The highest BCUT2D eigenvalue weighted by molar-refractivity contribution is 8.76. The van der Waals surface area contributed by atoms with Crippen molar-refractivity contribution in [2.24, 2.45) is 61.6 Å². The summed E-state index contributed by atoms with van der Waals surface area (Å²) in [6.07, 6.45) is 8.42. The van der Waals surface area contributed by atoms with Crippen molar-refractivity contribution in [1.82, 2.24) is 37.2 Å². The molecule has 3 rings (SSSR count). The molecular formula is C67H109N13O15S3. The van der Waals surface area contributed by atoms with Crippen molar-refractivity contribution in [2.45, 2.75) is 214 Å². The van der Waals surface area contributed by atoms with E-state index >= 15 is 0 Å². The summed E-state index contributed by atoms with van der Waals surface area (Å²) in [5, 5.41) is 53.8. The molecule has 7 amide bonds. The summed E-state index contributed by atoms with van der Waals surface area (Å²) in [6, 6.07) is 3.50. The number of guanidine groups is 1. The first-order chi connectivity index (χ1) is 46.3. The lowest BCUT2D eigenvalue weighted by Crippen LogP contribution is -2.53. The average molecular weight is 1430 g/mol. The number of aliphatic imine (C=N–C) groups is 1. The first kappa shape index (κ1) is 87.0. The number of carboxylic acids is 1. The van der Waals surface area contributed by atoms with Crippen LogP contribution < -0.4 is 54.4 Å². The third-order valence-corrected chi connectivity index (χ3v) is 20.8. The van der Waals surface area contributed by atoms with Gasteiger partial charge >= 0.3 is 5.97 Å². The fourth-order valence-corrected chi connectivity index (χ4v) is 13.9. The van der Waals surface area contributed by atoms with Crippen molar-refractivity contribution in [3.05, 3.63) is 35.9 Å². The molecule has 2 fully saturated rings. The second-order valence-corrected chi connectivity index (χ2v) is 29.9. The van der Waals surface area contributed by atoms with Crippen molar-refractivity contribution < 1.29 is 73.1 Å². The van der Waals surface area contributed by atoms with Crippen LogP contribution in [0.25, 0.3) is 0 Å². The van der Waals surface area contributed by atoms with E-state index in [0.717, 1.165) is 97.0 Å². The molecule has 1 unspecified atom stereocenters. The normalized spacial score (nSPS) is 21.6. The van der Waals surface area contributed by atoms with Gasteiger partial charge in [0.2, 0.25) is 41.4 Å². The number of thioether (sulfide) groups is 1. The minimum Gasteiger partial charge on any atom is -0.481 e. The number of carbonyl (C=O) groups is 12. The van der Waals surface area contributed by atoms with Gasteiger partial charge in [0.1, 0.15) is 17.9 Å². The number of Topliss-reactive ketones (excluding diaryl/α,β-unsaturated/α-hetero) is 4. The van der Waals surface area contributed by atoms with Gasteiger partial charge < -0.3 is 69.9 Å². The summed E-state index contributed by atoms with van der Waals surface area (Å²) in [7, 11) is 2.05. The first-order valence-electron chi connectivity index (χ1n) is 33.7. The Labute approximate surface area is 588 Å². The lowest BCUT2D eigenvalue weighted by atomic mass is 9.81. The number of hydrogen-bond donors (Lipinski definition) is 13. The van der Waals surface area contributed by atoms with E-state index in [1.165, 1.54) is 6.92 Å². The standard InChI is InChI=1S/C43H62N10O12S3.C24H47N3O3/c1-24(54)47-12-6-5-11-30-42(65)52-32-22-68-67-21-31(35(57)17-27(14-25-8-3-2-4-9-25)40(63)53-33(38(44)61)20-66-23-36(58)50-30)51-41(64)28(18-37(59)60)15-29(55)19-49-39(62)26(16-34(32)56)10-7-13-48-43(45)46;1-8-9-14-22(28)15-10-12-21(13-11-17-23(4,5)19(2)26-29)16-18-25-24(6,7)20(3)27-30/h2-4,8-9,26-28,30-33H,5-7,10-23H2,1H3,(H2,44,61)(H,47,54)(H,49,62)(H,50,58)(H,51,64)(H,52,65)(H,53,63)(H,59,60)(H4,45,46,48);21,25,29-30H,8-18H2,1-7H3/b;26-19-,27-20-/t26-,27-,28+,30+,31+,32+,33+;/m1./s1. The Morgan fingerprint density at radius 2 is 1.29 bits per heavy atom. The Hall–Kier alpha value is -7.12. The highest BCUT2D eigenvalue weighted by Crippen LogP contribution is 2.30. The number of oxime groups is 2. The van der Waals surface area contributed by atoms with E-state index in [4.69, 9.17) is 27.6 Å². The summed E-state index contributed by atoms with van der Waals surface area (Å²) < 4.78 is 0. The Kier molecular flexibility index (Phi) is 41.7. The number of ketones is 4. The summed E-state index contributed by atoms with van der Waals surface area (Å²) in [4.78, 5) is 163. The molecule has 31 heteroatoms. The van der Waals surface area contributed by atoms with Crippen molar-refractivity contribution in [1.29, 1.82) is 0 Å². The molecule has 0 spiro atoms. The molecule has 0 saturated carbocycles. The Morgan fingerprint density at radius 3 is 1.89 bits per heavy atom. The summed E-state index contributed by atoms with van der Waals surface area (Å²) in [5.41, 5.74) is 18.3. The van der Waals surface area contributed by atoms with E-state index in [0.29, 0.717) is 48.7 Å². The first-order valence-corrected chi connectivity index (χ1v) is 37.3. The van der Waals surface area contributed by atoms with Crippen LogP contribution in [0.4, 0.5) is 0 Å². The van der Waals surface area contributed by atoms with Gasteiger partial charge in [0.05, 0.1) is 53.7 Å². The van der Waals surface area contributed by atoms with Crippen LogP contribution in [-0.2, 0) is 64.0 Å². The molecule has 16 N–H and O–H groups in total. The molecule has 550 valence electrons. The predicted molar refractivity (Wildman–Crippen MR) is 382 cm³/mol. The van der Waals surface area contributed by atoms with Crippen LogP contribution >= 0.6 is 33.3 Å². The van der Waals surface area contributed by atoms with Crippen molar-refractivity contribution in [2.75, 3.05) is 49.2 Å². The molecule has 2 aliphatic rings. The molecule has 2 saturated heterocycles. The van der Waals surface area contributed by atoms with Crippen molar-refractivity contribution in [3.63, 3.8) is 0 Å². The molecule has 0 aromatic heterocycles. The highest BCUT2D eigenvalue weighted by atomic mass is 33.1. The van der Waals surface area contributed by atoms with E-state index in [1.807, 2.05) is 27.7 Å². The van der Waals surface area contributed by atoms with Crippen molar-refractivity contribution >= 4 is 121 Å². The zero-order chi connectivity index (χ0) is 73.4. The zero-order valence-electron chi connectivity index (χ0n) is 58.3. The molecule has 2 heterocycles. The van der Waals surface area contributed by atoms with E-state index in [-0.39, 0.29) is 84.6 Å². The average Bonchev–Trinajstić information content (AvgIpc) is 1.20. The van der Waals surface area contributed by atoms with Gasteiger partial charge in [0, 0.05) is 86.6 Å². The quantitative estimate of drug-likeness (QED) is 0.0120. The van der Waals surface area contributed by atoms with Crippen LogP contribution in [0.2, 0.25) is 0 Å². The van der Waals surface area contributed by atoms with E-state index in [2.05, 4.69) is 73.3 Å². The number of nitrogens with one attached hydrogen (secondary N) is 7. The van der Waals surface area contributed by atoms with Crippen LogP contribution in [-0.4, -0.2) is 182 Å². The lowest BCUT2D eigenvalue weighted by molar-refractivity contribution is -0.142. The van der Waals surface area contributed by atoms with Gasteiger partial charge in [-0.15, -0.1) is 11.8 Å². The second-order valence-electron chi connectivity index (χ2n) is 26.3. The van der Waals surface area contributed by atoms with Gasteiger partial charge in [-0.05, 0) is 116 Å². The molecule has 0 aliphatic carbocycles. The maximum Gasteiger partial charge on any atom is 0.304 e. The number of carbonyl (C=O) groups excluding carboxylic acids is 11. The number of fused-ring (bicyclic) bond motifs is 5. The van der Waals surface area contributed by atoms with E-state index in [1.54, 1.807) is 30.3 Å². The number of benzene rings is 1. The monoisotopic (exact) mass is 1430 g/mol. The highest BCUT2D eigenvalue weighted by Gasteiger charge is 2.36. The number of aliphatic carboxylic acids is 1. The fourth-order valence-electron chi connectivity index (χ4n) is 10.7. The minimum atomic E-state index is -1.48. The van der Waals surface area contributed by atoms with E-state index < -0.39 is 133 Å². The number of primary amides is 1. The van der Waals surface area contributed by atoms with Crippen LogP contribution in [0, 0.1) is 29.1 Å². The summed E-state index contributed by atoms with van der Waals surface area (Å²) in [6.45, 7) is 16.0. The third-order valence-electron chi connectivity index (χ3n) is 17.4. The molecule has 98 heavy (non-hydrogen) atoms. The number of carboxylic acid groups (broad SMARTS) is 1. The maximum absolute atomic E-state index is 14.3. The molecule has 2 bridgehead atoms. The van der Waals surface area contributed by atoms with Gasteiger partial charge in [0.15, 0.2) is 23.3 Å². The Bertz CT molecular complexity index is 2840. The number of hydrogen-bond acceptors (Lipinski definition) is 21. The SMILES string of the molecule is CC(=O)NCCCC[C@@H]1NC(=O)CSC[C@@H](C(N)=O)NC(=O)[C@H](Cc2ccccc2)CC(=O)[C@@H]2CSSC[C@H](NC1=O)C(=O)C[C@@H](CCCN=C(N)N)C(=O)NCC(=O)C[C@@H](CC(=O)O)C(=O)N2.CCCCC(=O)CCCC(CCCC(C)(C)/C(C)=N\O)CCNC(C)(C)/C(C)=N\O. The second kappa shape index (κ2) is 47.0. The van der Waals surface area contributed by atoms with Crippen LogP contribution in [0.3, 0.4) is 0 Å². The number of amides is 7. The Balaban J connectivity index is 0.000000911. The number of nitrogens with zero attached hydrogens (tertiary/aromatic N) is 3. The molecule has 2 aliphatic heterocycles. The van der Waals surface area contributed by atoms with Crippen molar-refractivity contribution in [3.8, 4) is 0 Å². The maximum atomic E-state index is 14.3. The Morgan fingerprint density at radius 1 is 0.673 bits per heavy atom. The van der Waals surface area contributed by atoms with E-state index in [9.17, 15) is 62.6 Å². The van der Waals surface area contributed by atoms with Crippen LogP contribution in [0.1, 0.15) is 183 Å². The lowest BCUT2D eigenvalue weighted by Gasteiger charge is -2.28. The summed E-state index contributed by atoms with van der Waals surface area (Å²) >= 11 is 0.934. The molecule has 0 radical (unpaired) electrons. The largest absolute Gasteiger partial charge is 0.481 e. The molecular weight excluding hydrogens is 1320 g/mol. The van der Waals surface area contributed by atoms with Gasteiger partial charge in [-0.1, -0.05) is 102 Å². The minimum absolute atomic E-state index is 0.00877. The number of nitrogens with two attached hydrogens (primary N) is 3. The van der Waals surface area contributed by atoms with Gasteiger partial charge in [-0.3, -0.25) is 62.5 Å². The van der Waals surface area contributed by atoms with Crippen LogP contribution in [0.5, 0.6) is 0 Å².